The molecule has 1 heterocycles. The van der Waals surface area contributed by atoms with E-state index in [9.17, 15) is 4.79 Å². The summed E-state index contributed by atoms with van der Waals surface area (Å²) in [5, 5.41) is 0.807. The van der Waals surface area contributed by atoms with Crippen LogP contribution >= 0.6 is 0 Å². The normalized spacial score (nSPS) is 10.2. The topological polar surface area (TPSA) is 55.3 Å². The summed E-state index contributed by atoms with van der Waals surface area (Å²) in [6.45, 7) is -0.0198. The van der Waals surface area contributed by atoms with Gasteiger partial charge in [0.1, 0.15) is 6.33 Å². The van der Waals surface area contributed by atoms with E-state index in [0.29, 0.717) is 5.88 Å². The highest BCUT2D eigenvalue weighted by atomic mass is 16.5. The van der Waals surface area contributed by atoms with Gasteiger partial charge in [0.15, 0.2) is 6.61 Å². The second-order valence-electron chi connectivity index (χ2n) is 3.77. The van der Waals surface area contributed by atoms with Gasteiger partial charge in [-0.2, -0.15) is 0 Å². The monoisotopic (exact) mass is 231 g/mol. The zero-order chi connectivity index (χ0) is 12.3. The Morgan fingerprint density at radius 3 is 2.82 bits per heavy atom. The molecule has 1 aromatic carbocycles. The number of fused-ring (bicyclic) bond motifs is 1. The largest absolute Gasteiger partial charge is 0.467 e. The van der Waals surface area contributed by atoms with Crippen molar-refractivity contribution in [1.29, 1.82) is 0 Å². The Hall–Kier alpha value is -2.17. The lowest BCUT2D eigenvalue weighted by atomic mass is 10.2. The SMILES string of the molecule is CN(C)C(=O)COc1ncnc2ccccc12. The van der Waals surface area contributed by atoms with Crippen molar-refractivity contribution in [2.45, 2.75) is 0 Å². The van der Waals surface area contributed by atoms with Crippen LogP contribution in [0, 0.1) is 0 Å². The average molecular weight is 231 g/mol. The van der Waals surface area contributed by atoms with Crippen LogP contribution in [0.3, 0.4) is 0 Å². The van der Waals surface area contributed by atoms with Crippen molar-refractivity contribution >= 4 is 16.8 Å². The maximum atomic E-state index is 11.4. The number of ether oxygens (including phenoxy) is 1. The van der Waals surface area contributed by atoms with Crippen LogP contribution in [0.5, 0.6) is 5.88 Å². The number of amides is 1. The average Bonchev–Trinajstić information content (AvgIpc) is 2.35. The molecule has 0 radical (unpaired) electrons. The molecule has 0 atom stereocenters. The first-order valence-corrected chi connectivity index (χ1v) is 5.21. The lowest BCUT2D eigenvalue weighted by Gasteiger charge is -2.11. The molecule has 0 fully saturated rings. The van der Waals surface area contributed by atoms with Gasteiger partial charge in [-0.05, 0) is 12.1 Å². The molecule has 5 heteroatoms. The van der Waals surface area contributed by atoms with Gasteiger partial charge in [-0.25, -0.2) is 9.97 Å². The molecule has 1 aromatic heterocycles. The minimum Gasteiger partial charge on any atom is -0.467 e. The van der Waals surface area contributed by atoms with Gasteiger partial charge in [0.05, 0.1) is 10.9 Å². The maximum Gasteiger partial charge on any atom is 0.260 e. The van der Waals surface area contributed by atoms with E-state index < -0.39 is 0 Å². The summed E-state index contributed by atoms with van der Waals surface area (Å²) >= 11 is 0. The summed E-state index contributed by atoms with van der Waals surface area (Å²) < 4.78 is 5.40. The van der Waals surface area contributed by atoms with Crippen molar-refractivity contribution in [2.75, 3.05) is 20.7 Å². The summed E-state index contributed by atoms with van der Waals surface area (Å²) in [7, 11) is 3.37. The fourth-order valence-electron chi connectivity index (χ4n) is 1.35. The summed E-state index contributed by atoms with van der Waals surface area (Å²) in [6.07, 6.45) is 1.43. The molecule has 88 valence electrons. The number of carbonyl (C=O) groups is 1. The van der Waals surface area contributed by atoms with E-state index in [4.69, 9.17) is 4.74 Å². The second-order valence-corrected chi connectivity index (χ2v) is 3.77. The summed E-state index contributed by atoms with van der Waals surface area (Å²) in [5.74, 6) is 0.332. The third-order valence-electron chi connectivity index (χ3n) is 2.34. The van der Waals surface area contributed by atoms with Crippen LogP contribution in [-0.2, 0) is 4.79 Å². The van der Waals surface area contributed by atoms with Crippen molar-refractivity contribution in [2.24, 2.45) is 0 Å². The predicted molar refractivity (Wildman–Crippen MR) is 63.7 cm³/mol. The molecule has 0 aliphatic carbocycles. The van der Waals surface area contributed by atoms with Crippen LogP contribution in [0.25, 0.3) is 10.9 Å². The molecule has 2 rings (SSSR count). The Labute approximate surface area is 99.0 Å². The molecule has 1 amide bonds. The predicted octanol–water partition coefficient (Wildman–Crippen LogP) is 1.10. The van der Waals surface area contributed by atoms with Gasteiger partial charge in [0, 0.05) is 14.1 Å². The molecular weight excluding hydrogens is 218 g/mol. The van der Waals surface area contributed by atoms with Crippen LogP contribution in [0.1, 0.15) is 0 Å². The maximum absolute atomic E-state index is 11.4. The summed E-state index contributed by atoms with van der Waals surface area (Å²) in [5.41, 5.74) is 0.801. The van der Waals surface area contributed by atoms with Gasteiger partial charge in [-0.3, -0.25) is 4.79 Å². The standard InChI is InChI=1S/C12H13N3O2/c1-15(2)11(16)7-17-12-9-5-3-4-6-10(9)13-8-14-12/h3-6,8H,7H2,1-2H3. The molecule has 0 saturated carbocycles. The van der Waals surface area contributed by atoms with E-state index in [1.54, 1.807) is 14.1 Å². The van der Waals surface area contributed by atoms with Crippen molar-refractivity contribution in [1.82, 2.24) is 14.9 Å². The third kappa shape index (κ3) is 2.50. The number of nitrogens with zero attached hydrogens (tertiary/aromatic N) is 3. The molecule has 0 N–H and O–H groups in total. The molecule has 0 bridgehead atoms. The highest BCUT2D eigenvalue weighted by molar-refractivity contribution is 5.83. The fourth-order valence-corrected chi connectivity index (χ4v) is 1.35. The molecule has 17 heavy (non-hydrogen) atoms. The zero-order valence-corrected chi connectivity index (χ0v) is 9.75. The van der Waals surface area contributed by atoms with Crippen LogP contribution in [0.2, 0.25) is 0 Å². The number of hydrogen-bond donors (Lipinski definition) is 0. The van der Waals surface area contributed by atoms with Gasteiger partial charge >= 0.3 is 0 Å². The van der Waals surface area contributed by atoms with Gasteiger partial charge < -0.3 is 9.64 Å². The van der Waals surface area contributed by atoms with E-state index in [0.717, 1.165) is 10.9 Å². The first-order chi connectivity index (χ1) is 8.18. The second kappa shape index (κ2) is 4.78. The fraction of sp³-hybridized carbons (Fsp3) is 0.250. The van der Waals surface area contributed by atoms with Gasteiger partial charge in [0.25, 0.3) is 5.91 Å². The lowest BCUT2D eigenvalue weighted by Crippen LogP contribution is -2.27. The minimum atomic E-state index is -0.104. The van der Waals surface area contributed by atoms with Crippen LogP contribution in [0.15, 0.2) is 30.6 Å². The van der Waals surface area contributed by atoms with Crippen LogP contribution < -0.4 is 4.74 Å². The van der Waals surface area contributed by atoms with E-state index >= 15 is 0 Å². The van der Waals surface area contributed by atoms with Crippen LogP contribution in [-0.4, -0.2) is 41.5 Å². The molecule has 0 spiro atoms. The van der Waals surface area contributed by atoms with E-state index in [-0.39, 0.29) is 12.5 Å². The highest BCUT2D eigenvalue weighted by Gasteiger charge is 2.08. The Morgan fingerprint density at radius 2 is 2.06 bits per heavy atom. The number of aromatic nitrogens is 2. The molecule has 0 aliphatic heterocycles. The molecule has 5 nitrogen and oxygen atoms in total. The summed E-state index contributed by atoms with van der Waals surface area (Å²) in [4.78, 5) is 21.0. The van der Waals surface area contributed by atoms with Crippen molar-refractivity contribution in [3.63, 3.8) is 0 Å². The zero-order valence-electron chi connectivity index (χ0n) is 9.75. The molecule has 0 saturated heterocycles. The lowest BCUT2D eigenvalue weighted by molar-refractivity contribution is -0.130. The number of rotatable bonds is 3. The smallest absolute Gasteiger partial charge is 0.260 e. The van der Waals surface area contributed by atoms with Gasteiger partial charge in [0.2, 0.25) is 5.88 Å². The molecular formula is C12H13N3O2. The van der Waals surface area contributed by atoms with Crippen molar-refractivity contribution in [3.8, 4) is 5.88 Å². The van der Waals surface area contributed by atoms with Gasteiger partial charge in [-0.1, -0.05) is 12.1 Å². The first-order valence-electron chi connectivity index (χ1n) is 5.21. The molecule has 0 aliphatic rings. The highest BCUT2D eigenvalue weighted by Crippen LogP contribution is 2.20. The van der Waals surface area contributed by atoms with Gasteiger partial charge in [-0.15, -0.1) is 0 Å². The molecule has 2 aromatic rings. The van der Waals surface area contributed by atoms with E-state index in [1.807, 2.05) is 24.3 Å². The number of carbonyl (C=O) groups excluding carboxylic acids is 1. The Bertz CT molecular complexity index is 535. The van der Waals surface area contributed by atoms with Crippen molar-refractivity contribution < 1.29 is 9.53 Å². The van der Waals surface area contributed by atoms with E-state index in [2.05, 4.69) is 9.97 Å². The number of hydrogen-bond acceptors (Lipinski definition) is 4. The van der Waals surface area contributed by atoms with Crippen LogP contribution in [0.4, 0.5) is 0 Å². The number of likely N-dealkylation sites (N-methyl/N-ethyl adjacent to an activating group) is 1. The summed E-state index contributed by atoms with van der Waals surface area (Å²) in [6, 6.07) is 7.51. The minimum absolute atomic E-state index is 0.0198. The number of para-hydroxylation sites is 1. The Morgan fingerprint density at radius 1 is 1.29 bits per heavy atom. The Balaban J connectivity index is 2.21. The first kappa shape index (κ1) is 11.3. The third-order valence-corrected chi connectivity index (χ3v) is 2.34. The van der Waals surface area contributed by atoms with E-state index in [1.165, 1.54) is 11.2 Å². The Kier molecular flexibility index (Phi) is 3.18. The molecule has 0 unspecified atom stereocenters. The quantitative estimate of drug-likeness (QED) is 0.793. The van der Waals surface area contributed by atoms with Crippen molar-refractivity contribution in [3.05, 3.63) is 30.6 Å². The number of benzene rings is 1.